The standard InChI is InChI=1S/C14H15BrFNO4/c1-20-14(21-2)9-6-7-11(17(18)19)12(9)8-4-3-5-10(15)13(8)16/h3-5,7,9,12,14H,6H2,1-2H3/t9-,12+/m0/s1. The lowest BCUT2D eigenvalue weighted by Gasteiger charge is -2.26. The van der Waals surface area contributed by atoms with Crippen LogP contribution in [0.3, 0.4) is 0 Å². The number of hydrogen-bond donors (Lipinski definition) is 0. The molecule has 0 amide bonds. The lowest BCUT2D eigenvalue weighted by molar-refractivity contribution is -0.430. The van der Waals surface area contributed by atoms with Crippen LogP contribution in [0.1, 0.15) is 17.9 Å². The fourth-order valence-electron chi connectivity index (χ4n) is 2.79. The Hall–Kier alpha value is -1.31. The highest BCUT2D eigenvalue weighted by Crippen LogP contribution is 2.44. The maximum absolute atomic E-state index is 14.4. The summed E-state index contributed by atoms with van der Waals surface area (Å²) in [7, 11) is 2.93. The van der Waals surface area contributed by atoms with Gasteiger partial charge in [-0.2, -0.15) is 0 Å². The van der Waals surface area contributed by atoms with E-state index in [2.05, 4.69) is 15.9 Å². The Balaban J connectivity index is 2.48. The molecule has 1 aromatic rings. The van der Waals surface area contributed by atoms with Crippen molar-refractivity contribution in [2.45, 2.75) is 18.6 Å². The molecule has 2 rings (SSSR count). The zero-order valence-corrected chi connectivity index (χ0v) is 13.2. The Kier molecular flexibility index (Phi) is 5.08. The molecule has 0 aromatic heterocycles. The Morgan fingerprint density at radius 2 is 2.10 bits per heavy atom. The van der Waals surface area contributed by atoms with Crippen molar-refractivity contribution in [3.05, 3.63) is 55.9 Å². The lowest BCUT2D eigenvalue weighted by atomic mass is 9.86. The van der Waals surface area contributed by atoms with E-state index >= 15 is 0 Å². The van der Waals surface area contributed by atoms with Crippen molar-refractivity contribution in [2.24, 2.45) is 5.92 Å². The average molecular weight is 360 g/mol. The maximum Gasteiger partial charge on any atom is 0.250 e. The molecule has 0 saturated carbocycles. The number of rotatable bonds is 5. The van der Waals surface area contributed by atoms with Crippen molar-refractivity contribution < 1.29 is 18.8 Å². The summed E-state index contributed by atoms with van der Waals surface area (Å²) in [6.07, 6.45) is 1.28. The first-order chi connectivity index (χ1) is 10.0. The second kappa shape index (κ2) is 6.64. The van der Waals surface area contributed by atoms with E-state index in [1.807, 2.05) is 0 Å². The number of nitro groups is 1. The minimum atomic E-state index is -0.706. The molecule has 1 aliphatic rings. The highest BCUT2D eigenvalue weighted by Gasteiger charge is 2.44. The van der Waals surface area contributed by atoms with Crippen LogP contribution < -0.4 is 0 Å². The van der Waals surface area contributed by atoms with Crippen LogP contribution in [0.25, 0.3) is 0 Å². The normalized spacial score (nSPS) is 21.7. The summed E-state index contributed by atoms with van der Waals surface area (Å²) in [4.78, 5) is 10.8. The summed E-state index contributed by atoms with van der Waals surface area (Å²) in [6, 6.07) is 4.77. The molecule has 114 valence electrons. The molecule has 1 aliphatic carbocycles. The number of methoxy groups -OCH3 is 2. The van der Waals surface area contributed by atoms with Crippen LogP contribution in [0.2, 0.25) is 0 Å². The third kappa shape index (κ3) is 3.00. The van der Waals surface area contributed by atoms with E-state index in [1.165, 1.54) is 20.3 Å². The highest BCUT2D eigenvalue weighted by molar-refractivity contribution is 9.10. The van der Waals surface area contributed by atoms with Crippen LogP contribution in [0.5, 0.6) is 0 Å². The third-order valence-corrected chi connectivity index (χ3v) is 4.30. The lowest BCUT2D eigenvalue weighted by Crippen LogP contribution is -2.29. The van der Waals surface area contributed by atoms with E-state index in [0.29, 0.717) is 6.42 Å². The van der Waals surface area contributed by atoms with Gasteiger partial charge in [-0.15, -0.1) is 0 Å². The fraction of sp³-hybridized carbons (Fsp3) is 0.429. The molecule has 0 spiro atoms. The number of halogens is 2. The van der Waals surface area contributed by atoms with Gasteiger partial charge in [0.2, 0.25) is 5.70 Å². The Labute approximate surface area is 130 Å². The molecule has 0 saturated heterocycles. The number of benzene rings is 1. The predicted molar refractivity (Wildman–Crippen MR) is 77.8 cm³/mol. The van der Waals surface area contributed by atoms with Gasteiger partial charge in [-0.25, -0.2) is 4.39 Å². The number of hydrogen-bond acceptors (Lipinski definition) is 4. The number of ether oxygens (including phenoxy) is 2. The predicted octanol–water partition coefficient (Wildman–Crippen LogP) is 3.47. The molecule has 0 aliphatic heterocycles. The Morgan fingerprint density at radius 1 is 1.43 bits per heavy atom. The van der Waals surface area contributed by atoms with Crippen molar-refractivity contribution in [2.75, 3.05) is 14.2 Å². The summed E-state index contributed by atoms with van der Waals surface area (Å²) in [5, 5.41) is 11.2. The topological polar surface area (TPSA) is 61.6 Å². The zero-order chi connectivity index (χ0) is 15.6. The maximum atomic E-state index is 14.4. The van der Waals surface area contributed by atoms with Gasteiger partial charge in [0, 0.05) is 25.7 Å². The van der Waals surface area contributed by atoms with Gasteiger partial charge in [0.05, 0.1) is 15.3 Å². The molecule has 0 heterocycles. The Bertz CT molecular complexity index is 574. The molecule has 1 aromatic carbocycles. The summed E-state index contributed by atoms with van der Waals surface area (Å²) in [6.45, 7) is 0. The summed E-state index contributed by atoms with van der Waals surface area (Å²) >= 11 is 3.11. The fourth-order valence-corrected chi connectivity index (χ4v) is 3.17. The molecule has 0 bridgehead atoms. The van der Waals surface area contributed by atoms with Gasteiger partial charge in [0.15, 0.2) is 6.29 Å². The van der Waals surface area contributed by atoms with E-state index < -0.39 is 22.9 Å². The van der Waals surface area contributed by atoms with Crippen molar-refractivity contribution >= 4 is 15.9 Å². The van der Waals surface area contributed by atoms with Crippen molar-refractivity contribution in [1.82, 2.24) is 0 Å². The Morgan fingerprint density at radius 3 is 2.67 bits per heavy atom. The molecule has 7 heteroatoms. The monoisotopic (exact) mass is 359 g/mol. The van der Waals surface area contributed by atoms with Gasteiger partial charge in [-0.1, -0.05) is 12.1 Å². The van der Waals surface area contributed by atoms with Gasteiger partial charge >= 0.3 is 0 Å². The van der Waals surface area contributed by atoms with Gasteiger partial charge in [0.25, 0.3) is 0 Å². The van der Waals surface area contributed by atoms with Crippen LogP contribution >= 0.6 is 15.9 Å². The smallest absolute Gasteiger partial charge is 0.250 e. The van der Waals surface area contributed by atoms with E-state index in [0.717, 1.165) is 0 Å². The van der Waals surface area contributed by atoms with Crippen molar-refractivity contribution in [1.29, 1.82) is 0 Å². The highest BCUT2D eigenvalue weighted by atomic mass is 79.9. The van der Waals surface area contributed by atoms with Gasteiger partial charge in [0.1, 0.15) is 5.82 Å². The molecule has 0 N–H and O–H groups in total. The average Bonchev–Trinajstić information content (AvgIpc) is 2.88. The van der Waals surface area contributed by atoms with Crippen LogP contribution in [-0.2, 0) is 9.47 Å². The minimum absolute atomic E-state index is 0.0175. The van der Waals surface area contributed by atoms with Crippen LogP contribution in [0, 0.1) is 21.8 Å². The van der Waals surface area contributed by atoms with Crippen LogP contribution in [0.15, 0.2) is 34.4 Å². The first-order valence-electron chi connectivity index (χ1n) is 6.35. The van der Waals surface area contributed by atoms with E-state index in [4.69, 9.17) is 9.47 Å². The zero-order valence-electron chi connectivity index (χ0n) is 11.6. The van der Waals surface area contributed by atoms with Crippen LogP contribution in [0.4, 0.5) is 4.39 Å². The third-order valence-electron chi connectivity index (χ3n) is 3.69. The quantitative estimate of drug-likeness (QED) is 0.458. The molecule has 21 heavy (non-hydrogen) atoms. The first-order valence-corrected chi connectivity index (χ1v) is 7.14. The molecule has 2 atom stereocenters. The van der Waals surface area contributed by atoms with Crippen molar-refractivity contribution in [3.8, 4) is 0 Å². The minimum Gasteiger partial charge on any atom is -0.356 e. The van der Waals surface area contributed by atoms with Crippen LogP contribution in [-0.4, -0.2) is 25.4 Å². The molecule has 5 nitrogen and oxygen atoms in total. The largest absolute Gasteiger partial charge is 0.356 e. The van der Waals surface area contributed by atoms with Crippen molar-refractivity contribution in [3.63, 3.8) is 0 Å². The van der Waals surface area contributed by atoms with E-state index in [-0.39, 0.29) is 21.7 Å². The van der Waals surface area contributed by atoms with Gasteiger partial charge in [-0.05, 0) is 34.5 Å². The summed E-state index contributed by atoms with van der Waals surface area (Å²) in [5.41, 5.74) is 0.255. The first kappa shape index (κ1) is 16.1. The second-order valence-corrected chi connectivity index (χ2v) is 5.60. The number of allylic oxidation sites excluding steroid dienone is 2. The summed E-state index contributed by atoms with van der Waals surface area (Å²) < 4.78 is 25.1. The van der Waals surface area contributed by atoms with E-state index in [9.17, 15) is 14.5 Å². The van der Waals surface area contributed by atoms with Gasteiger partial charge < -0.3 is 9.47 Å². The SMILES string of the molecule is COC(OC)[C@H]1CC=C([N+](=O)[O-])[C@@H]1c1cccc(Br)c1F. The second-order valence-electron chi connectivity index (χ2n) is 4.75. The van der Waals surface area contributed by atoms with Gasteiger partial charge in [-0.3, -0.25) is 10.1 Å². The summed E-state index contributed by atoms with van der Waals surface area (Å²) in [5.74, 6) is -1.54. The number of nitrogens with zero attached hydrogens (tertiary/aromatic N) is 1. The molecule has 0 radical (unpaired) electrons. The molecule has 0 unspecified atom stereocenters. The molecular formula is C14H15BrFNO4. The molecular weight excluding hydrogens is 345 g/mol. The van der Waals surface area contributed by atoms with E-state index in [1.54, 1.807) is 18.2 Å². The molecule has 0 fully saturated rings.